The zero-order chi connectivity index (χ0) is 13.9. The minimum absolute atomic E-state index is 0.0352. The van der Waals surface area contributed by atoms with E-state index in [0.717, 1.165) is 25.7 Å². The van der Waals surface area contributed by atoms with Gasteiger partial charge in [-0.2, -0.15) is 11.8 Å². The predicted molar refractivity (Wildman–Crippen MR) is 80.7 cm³/mol. The lowest BCUT2D eigenvalue weighted by atomic mass is 9.96. The first-order valence-electron chi connectivity index (χ1n) is 6.42. The summed E-state index contributed by atoms with van der Waals surface area (Å²) < 4.78 is 27.3. The van der Waals surface area contributed by atoms with Crippen LogP contribution in [0.4, 0.5) is 5.69 Å². The van der Waals surface area contributed by atoms with Gasteiger partial charge in [0.05, 0.1) is 5.69 Å². The minimum Gasteiger partial charge on any atom is -0.398 e. The second kappa shape index (κ2) is 6.15. The van der Waals surface area contributed by atoms with Crippen molar-refractivity contribution in [2.75, 3.05) is 12.0 Å². The summed E-state index contributed by atoms with van der Waals surface area (Å²) in [5.74, 6) is 0. The lowest BCUT2D eigenvalue weighted by molar-refractivity contribution is 0.420. The molecule has 4 nitrogen and oxygen atoms in total. The number of sulfonamides is 1. The molecule has 0 spiro atoms. The first-order chi connectivity index (χ1) is 9.03. The van der Waals surface area contributed by atoms with Gasteiger partial charge in [-0.25, -0.2) is 13.1 Å². The second-order valence-electron chi connectivity index (χ2n) is 4.87. The zero-order valence-electron chi connectivity index (χ0n) is 11.0. The maximum absolute atomic E-state index is 12.3. The minimum atomic E-state index is -3.50. The highest BCUT2D eigenvalue weighted by Gasteiger charge is 2.26. The molecule has 1 saturated carbocycles. The van der Waals surface area contributed by atoms with Crippen LogP contribution in [0.1, 0.15) is 25.7 Å². The van der Waals surface area contributed by atoms with E-state index in [9.17, 15) is 8.42 Å². The maximum atomic E-state index is 12.3. The van der Waals surface area contributed by atoms with Crippen molar-refractivity contribution in [3.05, 3.63) is 24.3 Å². The van der Waals surface area contributed by atoms with E-state index in [4.69, 9.17) is 5.73 Å². The summed E-state index contributed by atoms with van der Waals surface area (Å²) in [5.41, 5.74) is 6.03. The molecule has 106 valence electrons. The second-order valence-corrected chi connectivity index (χ2v) is 7.69. The van der Waals surface area contributed by atoms with Gasteiger partial charge in [0.15, 0.2) is 0 Å². The van der Waals surface area contributed by atoms with Gasteiger partial charge in [-0.05, 0) is 44.1 Å². The third-order valence-corrected chi connectivity index (χ3v) is 6.27. The molecule has 6 heteroatoms. The van der Waals surface area contributed by atoms with E-state index >= 15 is 0 Å². The molecule has 1 aliphatic rings. The van der Waals surface area contributed by atoms with E-state index < -0.39 is 10.0 Å². The Balaban J connectivity index is 2.05. The smallest absolute Gasteiger partial charge is 0.242 e. The van der Waals surface area contributed by atoms with Crippen molar-refractivity contribution in [2.45, 2.75) is 41.9 Å². The van der Waals surface area contributed by atoms with Gasteiger partial charge in [0.2, 0.25) is 10.0 Å². The molecule has 1 fully saturated rings. The number of nitrogen functional groups attached to an aromatic ring is 1. The van der Waals surface area contributed by atoms with Crippen molar-refractivity contribution in [3.63, 3.8) is 0 Å². The number of hydrogen-bond acceptors (Lipinski definition) is 4. The third-order valence-electron chi connectivity index (χ3n) is 3.54. The van der Waals surface area contributed by atoms with Gasteiger partial charge in [-0.3, -0.25) is 0 Å². The van der Waals surface area contributed by atoms with Crippen molar-refractivity contribution in [1.82, 2.24) is 4.72 Å². The SMILES string of the molecule is CSC1CCC(NS(=O)(=O)c2ccccc2N)CC1. The highest BCUT2D eigenvalue weighted by atomic mass is 32.2. The molecule has 0 unspecified atom stereocenters. The molecule has 1 aliphatic carbocycles. The van der Waals surface area contributed by atoms with Crippen LogP contribution >= 0.6 is 11.8 Å². The van der Waals surface area contributed by atoms with Gasteiger partial charge < -0.3 is 5.73 Å². The molecule has 0 bridgehead atoms. The first kappa shape index (κ1) is 14.7. The molecule has 0 atom stereocenters. The van der Waals surface area contributed by atoms with Crippen LogP contribution in [0.5, 0.6) is 0 Å². The number of nitrogens with two attached hydrogens (primary N) is 1. The normalized spacial score (nSPS) is 24.3. The topological polar surface area (TPSA) is 72.2 Å². The first-order valence-corrected chi connectivity index (χ1v) is 9.19. The number of benzene rings is 1. The van der Waals surface area contributed by atoms with Gasteiger partial charge in [-0.15, -0.1) is 0 Å². The Morgan fingerprint density at radius 3 is 2.42 bits per heavy atom. The largest absolute Gasteiger partial charge is 0.398 e. The molecular weight excluding hydrogens is 280 g/mol. The molecule has 0 heterocycles. The maximum Gasteiger partial charge on any atom is 0.242 e. The van der Waals surface area contributed by atoms with Crippen LogP contribution < -0.4 is 10.5 Å². The van der Waals surface area contributed by atoms with Crippen molar-refractivity contribution in [1.29, 1.82) is 0 Å². The van der Waals surface area contributed by atoms with Gasteiger partial charge in [0.1, 0.15) is 4.90 Å². The molecule has 3 N–H and O–H groups in total. The Hall–Kier alpha value is -0.720. The van der Waals surface area contributed by atoms with Crippen molar-refractivity contribution < 1.29 is 8.42 Å². The van der Waals surface area contributed by atoms with E-state index in [1.165, 1.54) is 0 Å². The van der Waals surface area contributed by atoms with Gasteiger partial charge >= 0.3 is 0 Å². The monoisotopic (exact) mass is 300 g/mol. The molecular formula is C13H20N2O2S2. The molecule has 0 aliphatic heterocycles. The van der Waals surface area contributed by atoms with Crippen LogP contribution in [0.15, 0.2) is 29.2 Å². The number of para-hydroxylation sites is 1. The van der Waals surface area contributed by atoms with Gasteiger partial charge in [0.25, 0.3) is 0 Å². The Bertz CT molecular complexity index is 523. The number of rotatable bonds is 4. The van der Waals surface area contributed by atoms with Gasteiger partial charge in [0, 0.05) is 11.3 Å². The van der Waals surface area contributed by atoms with E-state index in [0.29, 0.717) is 10.9 Å². The quantitative estimate of drug-likeness (QED) is 0.836. The summed E-state index contributed by atoms with van der Waals surface area (Å²) in [6, 6.07) is 6.62. The Kier molecular flexibility index (Phi) is 4.76. The van der Waals surface area contributed by atoms with Crippen LogP contribution in [-0.4, -0.2) is 26.0 Å². The highest BCUT2D eigenvalue weighted by Crippen LogP contribution is 2.28. The van der Waals surface area contributed by atoms with Crippen molar-refractivity contribution in [2.24, 2.45) is 0 Å². The molecule has 0 aromatic heterocycles. The van der Waals surface area contributed by atoms with Crippen LogP contribution in [0.2, 0.25) is 0 Å². The van der Waals surface area contributed by atoms with E-state index in [-0.39, 0.29) is 10.9 Å². The van der Waals surface area contributed by atoms with Crippen molar-refractivity contribution in [3.8, 4) is 0 Å². The average Bonchev–Trinajstić information content (AvgIpc) is 2.39. The summed E-state index contributed by atoms with van der Waals surface area (Å²) in [4.78, 5) is 0.182. The highest BCUT2D eigenvalue weighted by molar-refractivity contribution is 7.99. The van der Waals surface area contributed by atoms with Crippen LogP contribution in [0, 0.1) is 0 Å². The summed E-state index contributed by atoms with van der Waals surface area (Å²) in [6.07, 6.45) is 6.05. The average molecular weight is 300 g/mol. The predicted octanol–water partition coefficient (Wildman–Crippen LogP) is 2.22. The fourth-order valence-electron chi connectivity index (χ4n) is 2.42. The summed E-state index contributed by atoms with van der Waals surface area (Å²) in [6.45, 7) is 0. The number of thioether (sulfide) groups is 1. The Morgan fingerprint density at radius 2 is 1.84 bits per heavy atom. The summed E-state index contributed by atoms with van der Waals surface area (Å²) in [7, 11) is -3.50. The third kappa shape index (κ3) is 3.64. The van der Waals surface area contributed by atoms with Crippen LogP contribution in [0.25, 0.3) is 0 Å². The molecule has 2 rings (SSSR count). The number of nitrogens with one attached hydrogen (secondary N) is 1. The van der Waals surface area contributed by atoms with E-state index in [1.807, 2.05) is 11.8 Å². The van der Waals surface area contributed by atoms with Crippen LogP contribution in [0.3, 0.4) is 0 Å². The summed E-state index contributed by atoms with van der Waals surface area (Å²) in [5, 5.41) is 0.669. The Morgan fingerprint density at radius 1 is 1.21 bits per heavy atom. The zero-order valence-corrected chi connectivity index (χ0v) is 12.6. The van der Waals surface area contributed by atoms with Gasteiger partial charge in [-0.1, -0.05) is 12.1 Å². The van der Waals surface area contributed by atoms with Crippen LogP contribution in [-0.2, 0) is 10.0 Å². The lowest BCUT2D eigenvalue weighted by Gasteiger charge is -2.27. The molecule has 0 radical (unpaired) electrons. The Labute approximate surface area is 119 Å². The van der Waals surface area contributed by atoms with Crippen molar-refractivity contribution >= 4 is 27.5 Å². The molecule has 0 saturated heterocycles. The summed E-state index contributed by atoms with van der Waals surface area (Å²) >= 11 is 1.87. The molecule has 19 heavy (non-hydrogen) atoms. The number of anilines is 1. The fraction of sp³-hybridized carbons (Fsp3) is 0.538. The lowest BCUT2D eigenvalue weighted by Crippen LogP contribution is -2.38. The molecule has 1 aromatic rings. The number of hydrogen-bond donors (Lipinski definition) is 2. The molecule has 1 aromatic carbocycles. The fourth-order valence-corrected chi connectivity index (χ4v) is 4.61. The van der Waals surface area contributed by atoms with E-state index in [2.05, 4.69) is 11.0 Å². The standard InChI is InChI=1S/C13H20N2O2S2/c1-18-11-8-6-10(7-9-11)15-19(16,17)13-5-3-2-4-12(13)14/h2-5,10-11,15H,6-9,14H2,1H3. The molecule has 0 amide bonds. The van der Waals surface area contributed by atoms with E-state index in [1.54, 1.807) is 24.3 Å².